The molecule has 1 unspecified atom stereocenters. The fourth-order valence-electron chi connectivity index (χ4n) is 1.90. The number of aromatic nitrogens is 1. The maximum absolute atomic E-state index is 12.4. The molecule has 102 valence electrons. The van der Waals surface area contributed by atoms with Gasteiger partial charge in [-0.25, -0.2) is 4.98 Å². The third kappa shape index (κ3) is 2.77. The van der Waals surface area contributed by atoms with Gasteiger partial charge in [0.25, 0.3) is 0 Å². The van der Waals surface area contributed by atoms with Crippen LogP contribution in [0.3, 0.4) is 0 Å². The first kappa shape index (κ1) is 13.7. The minimum absolute atomic E-state index is 0.394. The Labute approximate surface area is 131 Å². The van der Waals surface area contributed by atoms with Crippen molar-refractivity contribution in [2.24, 2.45) is 0 Å². The number of nitrogen functional groups attached to an aromatic ring is 1. The zero-order chi connectivity index (χ0) is 14.1. The quantitative estimate of drug-likeness (QED) is 0.714. The van der Waals surface area contributed by atoms with Crippen LogP contribution in [0.5, 0.6) is 0 Å². The van der Waals surface area contributed by atoms with E-state index in [1.165, 1.54) is 0 Å². The Morgan fingerprint density at radius 2 is 2.05 bits per heavy atom. The number of hydrogen-bond donors (Lipinski definition) is 1. The van der Waals surface area contributed by atoms with E-state index in [0.29, 0.717) is 16.3 Å². The molecule has 6 heteroatoms. The first-order valence-corrected chi connectivity index (χ1v) is 8.84. The van der Waals surface area contributed by atoms with Gasteiger partial charge in [0.1, 0.15) is 5.01 Å². The zero-order valence-electron chi connectivity index (χ0n) is 10.4. The second-order valence-electron chi connectivity index (χ2n) is 4.25. The number of rotatable bonds is 3. The molecule has 0 aliphatic heterocycles. The number of thiazole rings is 1. The summed E-state index contributed by atoms with van der Waals surface area (Å²) in [6.07, 6.45) is 0. The van der Waals surface area contributed by atoms with Gasteiger partial charge in [0, 0.05) is 10.2 Å². The molecule has 0 spiro atoms. The normalized spacial score (nSPS) is 12.7. The lowest BCUT2D eigenvalue weighted by Gasteiger charge is -2.04. The van der Waals surface area contributed by atoms with E-state index in [1.807, 2.05) is 30.3 Å². The fraction of sp³-hybridized carbons (Fsp3) is 0.0714. The van der Waals surface area contributed by atoms with Crippen LogP contribution in [-0.2, 0) is 16.6 Å². The van der Waals surface area contributed by atoms with Crippen LogP contribution in [0.15, 0.2) is 51.8 Å². The smallest absolute Gasteiger partial charge is 0.107 e. The highest BCUT2D eigenvalue weighted by molar-refractivity contribution is 9.10. The van der Waals surface area contributed by atoms with E-state index < -0.39 is 10.8 Å². The van der Waals surface area contributed by atoms with Crippen LogP contribution < -0.4 is 5.73 Å². The van der Waals surface area contributed by atoms with Crippen molar-refractivity contribution in [2.45, 2.75) is 10.6 Å². The van der Waals surface area contributed by atoms with Gasteiger partial charge in [-0.3, -0.25) is 4.21 Å². The number of fused-ring (bicyclic) bond motifs is 1. The topological polar surface area (TPSA) is 56.0 Å². The second kappa shape index (κ2) is 5.63. The van der Waals surface area contributed by atoms with Crippen LogP contribution in [0.2, 0.25) is 0 Å². The minimum atomic E-state index is -1.18. The van der Waals surface area contributed by atoms with Gasteiger partial charge in [-0.05, 0) is 30.3 Å². The predicted octanol–water partition coefficient (Wildman–Crippen LogP) is 3.95. The molecule has 1 atom stereocenters. The van der Waals surface area contributed by atoms with Gasteiger partial charge in [-0.1, -0.05) is 28.1 Å². The van der Waals surface area contributed by atoms with Crippen LogP contribution in [0.4, 0.5) is 5.69 Å². The molecule has 1 aromatic heterocycles. The van der Waals surface area contributed by atoms with Gasteiger partial charge >= 0.3 is 0 Å². The molecule has 3 aromatic rings. The molecule has 0 fully saturated rings. The fourth-order valence-corrected chi connectivity index (χ4v) is 4.58. The molecule has 3 rings (SSSR count). The number of anilines is 1. The number of nitrogens with two attached hydrogens (primary N) is 1. The molecule has 20 heavy (non-hydrogen) atoms. The number of hydrogen-bond acceptors (Lipinski definition) is 4. The van der Waals surface area contributed by atoms with Gasteiger partial charge in [0.15, 0.2) is 0 Å². The third-order valence-electron chi connectivity index (χ3n) is 2.81. The van der Waals surface area contributed by atoms with Crippen molar-refractivity contribution in [3.63, 3.8) is 0 Å². The Morgan fingerprint density at radius 1 is 1.25 bits per heavy atom. The number of benzene rings is 2. The van der Waals surface area contributed by atoms with Crippen molar-refractivity contribution in [3.05, 3.63) is 51.9 Å². The summed E-state index contributed by atoms with van der Waals surface area (Å²) in [6.45, 7) is 0. The van der Waals surface area contributed by atoms with Crippen molar-refractivity contribution in [1.29, 1.82) is 0 Å². The van der Waals surface area contributed by atoms with Crippen molar-refractivity contribution < 1.29 is 4.21 Å². The summed E-state index contributed by atoms with van der Waals surface area (Å²) in [6, 6.07) is 13.3. The predicted molar refractivity (Wildman–Crippen MR) is 88.3 cm³/mol. The maximum atomic E-state index is 12.4. The third-order valence-corrected chi connectivity index (χ3v) is 5.92. The summed E-state index contributed by atoms with van der Waals surface area (Å²) in [5.41, 5.74) is 7.40. The number of nitrogens with zero attached hydrogens (tertiary/aromatic N) is 1. The average molecular weight is 367 g/mol. The molecule has 0 radical (unpaired) electrons. The highest BCUT2D eigenvalue weighted by atomic mass is 79.9. The molecule has 0 saturated carbocycles. The van der Waals surface area contributed by atoms with E-state index in [-0.39, 0.29) is 0 Å². The van der Waals surface area contributed by atoms with Crippen LogP contribution >= 0.6 is 27.3 Å². The van der Waals surface area contributed by atoms with Crippen molar-refractivity contribution in [2.75, 3.05) is 5.73 Å². The molecule has 0 aliphatic rings. The van der Waals surface area contributed by atoms with Gasteiger partial charge in [0.05, 0.1) is 31.7 Å². The van der Waals surface area contributed by atoms with E-state index in [1.54, 1.807) is 23.5 Å². The maximum Gasteiger partial charge on any atom is 0.107 e. The van der Waals surface area contributed by atoms with Crippen LogP contribution in [-0.4, -0.2) is 9.19 Å². The lowest BCUT2D eigenvalue weighted by molar-refractivity contribution is 0.683. The Morgan fingerprint density at radius 3 is 2.80 bits per heavy atom. The Kier molecular flexibility index (Phi) is 3.87. The lowest BCUT2D eigenvalue weighted by atomic mass is 10.3. The molecule has 0 bridgehead atoms. The van der Waals surface area contributed by atoms with Crippen molar-refractivity contribution >= 4 is 54.0 Å². The highest BCUT2D eigenvalue weighted by Gasteiger charge is 2.12. The molecular formula is C14H11BrN2OS2. The molecule has 0 saturated heterocycles. The Hall–Kier alpha value is -1.24. The second-order valence-corrected chi connectivity index (χ2v) is 7.70. The molecule has 0 aliphatic carbocycles. The van der Waals surface area contributed by atoms with E-state index in [2.05, 4.69) is 20.9 Å². The zero-order valence-corrected chi connectivity index (χ0v) is 13.6. The first-order valence-electron chi connectivity index (χ1n) is 5.91. The van der Waals surface area contributed by atoms with Crippen molar-refractivity contribution in [3.8, 4) is 0 Å². The molecule has 2 N–H and O–H groups in total. The molecule has 0 amide bonds. The van der Waals surface area contributed by atoms with Crippen LogP contribution in [0.1, 0.15) is 5.01 Å². The molecule has 3 nitrogen and oxygen atoms in total. The highest BCUT2D eigenvalue weighted by Crippen LogP contribution is 2.26. The van der Waals surface area contributed by atoms with E-state index >= 15 is 0 Å². The van der Waals surface area contributed by atoms with Gasteiger partial charge in [-0.2, -0.15) is 0 Å². The summed E-state index contributed by atoms with van der Waals surface area (Å²) < 4.78 is 14.4. The van der Waals surface area contributed by atoms with Gasteiger partial charge < -0.3 is 5.73 Å². The Bertz CT molecular complexity index is 768. The lowest BCUT2D eigenvalue weighted by Crippen LogP contribution is -2.00. The van der Waals surface area contributed by atoms with E-state index in [0.717, 1.165) is 19.7 Å². The van der Waals surface area contributed by atoms with Crippen LogP contribution in [0, 0.1) is 0 Å². The molecular weight excluding hydrogens is 356 g/mol. The van der Waals surface area contributed by atoms with Gasteiger partial charge in [-0.15, -0.1) is 11.3 Å². The summed E-state index contributed by atoms with van der Waals surface area (Å²) in [4.78, 5) is 5.16. The monoisotopic (exact) mass is 366 g/mol. The summed E-state index contributed by atoms with van der Waals surface area (Å²) in [5.74, 6) is 0.394. The molecule has 2 aromatic carbocycles. The number of para-hydroxylation sites is 1. The Balaban J connectivity index is 1.88. The summed E-state index contributed by atoms with van der Waals surface area (Å²) in [5, 5.41) is 0.867. The van der Waals surface area contributed by atoms with E-state index in [9.17, 15) is 4.21 Å². The van der Waals surface area contributed by atoms with Crippen LogP contribution in [0.25, 0.3) is 10.2 Å². The largest absolute Gasteiger partial charge is 0.398 e. The van der Waals surface area contributed by atoms with E-state index in [4.69, 9.17) is 5.73 Å². The summed E-state index contributed by atoms with van der Waals surface area (Å²) in [7, 11) is -1.18. The SMILES string of the molecule is Nc1cc(Br)ccc1S(=O)Cc1nc2ccccc2s1. The van der Waals surface area contributed by atoms with Gasteiger partial charge in [0.2, 0.25) is 0 Å². The minimum Gasteiger partial charge on any atom is -0.398 e. The van der Waals surface area contributed by atoms with Crippen molar-refractivity contribution in [1.82, 2.24) is 4.98 Å². The summed E-state index contributed by atoms with van der Waals surface area (Å²) >= 11 is 4.92. The molecule has 1 heterocycles. The first-order chi connectivity index (χ1) is 9.63. The number of halogens is 1. The standard InChI is InChI=1S/C14H11BrN2OS2/c15-9-5-6-13(10(16)7-9)20(18)8-14-17-11-3-1-2-4-12(11)19-14/h1-7H,8,16H2. The average Bonchev–Trinajstić information content (AvgIpc) is 2.80.